The van der Waals surface area contributed by atoms with Crippen molar-refractivity contribution >= 4 is 17.0 Å². The number of hydrogen-bond acceptors (Lipinski definition) is 5. The largest absolute Gasteiger partial charge is 0.378 e. The van der Waals surface area contributed by atoms with Crippen LogP contribution in [0.2, 0.25) is 0 Å². The van der Waals surface area contributed by atoms with E-state index in [1.54, 1.807) is 0 Å². The SMILES string of the molecule is CN(C)c1ccc(-c2cc(-c3ccccc3)[s+]c(-c3cc[nH]c3)c2)cc1.[O-][Cl+3]([O-])([O-])[O-]. The monoisotopic (exact) mass is 456 g/mol. The van der Waals surface area contributed by atoms with E-state index in [0.29, 0.717) is 0 Å². The molecule has 4 aromatic rings. The van der Waals surface area contributed by atoms with Gasteiger partial charge >= 0.3 is 0 Å². The van der Waals surface area contributed by atoms with Gasteiger partial charge in [0.25, 0.3) is 0 Å². The molecule has 0 aliphatic rings. The minimum atomic E-state index is -4.94. The summed E-state index contributed by atoms with van der Waals surface area (Å²) in [6.07, 6.45) is 4.03. The van der Waals surface area contributed by atoms with E-state index in [4.69, 9.17) is 18.6 Å². The molecule has 8 heteroatoms. The van der Waals surface area contributed by atoms with Crippen LogP contribution in [-0.2, 0) is 0 Å². The van der Waals surface area contributed by atoms with Crippen LogP contribution in [0.25, 0.3) is 32.0 Å². The topological polar surface area (TPSA) is 111 Å². The molecule has 160 valence electrons. The zero-order chi connectivity index (χ0) is 22.4. The Balaban J connectivity index is 0.000000491. The molecule has 0 bridgehead atoms. The first-order valence-corrected chi connectivity index (χ1v) is 11.3. The predicted molar refractivity (Wildman–Crippen MR) is 114 cm³/mol. The van der Waals surface area contributed by atoms with Crippen molar-refractivity contribution in [1.82, 2.24) is 4.98 Å². The normalized spacial score (nSPS) is 10.9. The number of halogens is 1. The van der Waals surface area contributed by atoms with Crippen LogP contribution < -0.4 is 23.5 Å². The molecule has 31 heavy (non-hydrogen) atoms. The first-order chi connectivity index (χ1) is 14.7. The molecule has 2 aromatic carbocycles. The molecule has 2 aromatic heterocycles. The van der Waals surface area contributed by atoms with Crippen molar-refractivity contribution in [2.24, 2.45) is 0 Å². The third-order valence-corrected chi connectivity index (χ3v) is 5.60. The number of nitrogens with zero attached hydrogens (tertiary/aromatic N) is 1. The Morgan fingerprint density at radius 1 is 0.710 bits per heavy atom. The Labute approximate surface area is 187 Å². The van der Waals surface area contributed by atoms with Crippen molar-refractivity contribution in [1.29, 1.82) is 0 Å². The van der Waals surface area contributed by atoms with E-state index in [-0.39, 0.29) is 0 Å². The van der Waals surface area contributed by atoms with Gasteiger partial charge in [0, 0.05) is 49.9 Å². The number of anilines is 1. The summed E-state index contributed by atoms with van der Waals surface area (Å²) < 4.78 is 34.0. The van der Waals surface area contributed by atoms with Crippen molar-refractivity contribution in [2.75, 3.05) is 19.0 Å². The van der Waals surface area contributed by atoms with E-state index in [1.807, 2.05) is 17.5 Å². The highest BCUT2D eigenvalue weighted by Gasteiger charge is 2.19. The molecule has 0 saturated heterocycles. The van der Waals surface area contributed by atoms with Gasteiger partial charge in [-0.3, -0.25) is 0 Å². The quantitative estimate of drug-likeness (QED) is 0.469. The number of H-pyrrole nitrogens is 1. The number of rotatable bonds is 4. The van der Waals surface area contributed by atoms with Crippen LogP contribution in [0.15, 0.2) is 85.2 Å². The van der Waals surface area contributed by atoms with Crippen LogP contribution in [0.1, 0.15) is 0 Å². The van der Waals surface area contributed by atoms with Crippen molar-refractivity contribution in [3.05, 3.63) is 85.2 Å². The smallest absolute Gasteiger partial charge is 0.240 e. The maximum atomic E-state index is 8.49. The molecular formula is C23H21ClN2O4S. The Kier molecular flexibility index (Phi) is 7.40. The fraction of sp³-hybridized carbons (Fsp3) is 0.0870. The van der Waals surface area contributed by atoms with Crippen LogP contribution in [0, 0.1) is 10.2 Å². The van der Waals surface area contributed by atoms with Crippen molar-refractivity contribution in [2.45, 2.75) is 0 Å². The van der Waals surface area contributed by atoms with Gasteiger partial charge in [0.15, 0.2) is 0 Å². The second kappa shape index (κ2) is 10.0. The van der Waals surface area contributed by atoms with E-state index in [9.17, 15) is 0 Å². The molecule has 0 atom stereocenters. The fourth-order valence-corrected chi connectivity index (χ4v) is 4.09. The molecule has 0 aliphatic heterocycles. The standard InChI is InChI=1S/C23H21N2S.ClHO4/c1-25(2)21-10-8-17(9-11-21)20-14-22(18-6-4-3-5-7-18)26-23(15-20)19-12-13-24-16-19;2-1(3,4)5/h3-16,24H,1-2H3;(H,2,3,4,5)/q+1;/p-1. The summed E-state index contributed by atoms with van der Waals surface area (Å²) in [7, 11) is -0.812. The third kappa shape index (κ3) is 6.86. The summed E-state index contributed by atoms with van der Waals surface area (Å²) in [5.74, 6) is 0. The molecule has 0 radical (unpaired) electrons. The third-order valence-electron chi connectivity index (χ3n) is 4.45. The van der Waals surface area contributed by atoms with E-state index in [0.717, 1.165) is 0 Å². The zero-order valence-corrected chi connectivity index (χ0v) is 18.5. The Morgan fingerprint density at radius 2 is 1.29 bits per heavy atom. The lowest BCUT2D eigenvalue weighted by atomic mass is 10.0. The lowest BCUT2D eigenvalue weighted by Gasteiger charge is -2.17. The second-order valence-corrected chi connectivity index (χ2v) is 8.70. The molecule has 0 aliphatic carbocycles. The van der Waals surface area contributed by atoms with E-state index < -0.39 is 10.2 Å². The lowest BCUT2D eigenvalue weighted by Crippen LogP contribution is -2.68. The highest BCUT2D eigenvalue weighted by Crippen LogP contribution is 2.37. The predicted octanol–water partition coefficient (Wildman–Crippen LogP) is 1.67. The van der Waals surface area contributed by atoms with Crippen molar-refractivity contribution in [3.8, 4) is 32.0 Å². The average Bonchev–Trinajstić information content (AvgIpc) is 3.28. The van der Waals surface area contributed by atoms with Gasteiger partial charge in [0.2, 0.25) is 21.1 Å². The van der Waals surface area contributed by atoms with Gasteiger partial charge in [0.1, 0.15) is 0 Å². The number of nitrogens with one attached hydrogen (secondary N) is 1. The Bertz CT molecular complexity index is 1090. The maximum absolute atomic E-state index is 8.49. The summed E-state index contributed by atoms with van der Waals surface area (Å²) in [5.41, 5.74) is 6.16. The average molecular weight is 457 g/mol. The van der Waals surface area contributed by atoms with Crippen molar-refractivity contribution in [3.63, 3.8) is 0 Å². The molecule has 1 N–H and O–H groups in total. The Morgan fingerprint density at radius 3 is 1.81 bits per heavy atom. The summed E-state index contributed by atoms with van der Waals surface area (Å²) in [5, 5.41) is 0. The van der Waals surface area contributed by atoms with Gasteiger partial charge in [-0.2, -0.15) is 0 Å². The van der Waals surface area contributed by atoms with Gasteiger partial charge in [-0.1, -0.05) is 30.3 Å². The number of aromatic amines is 1. The van der Waals surface area contributed by atoms with Gasteiger partial charge in [0.05, 0.1) is 5.56 Å². The van der Waals surface area contributed by atoms with E-state index in [1.165, 1.54) is 37.7 Å². The fourth-order valence-electron chi connectivity index (χ4n) is 2.98. The number of benzene rings is 2. The van der Waals surface area contributed by atoms with Crippen LogP contribution >= 0.6 is 11.3 Å². The molecule has 0 saturated carbocycles. The van der Waals surface area contributed by atoms with E-state index >= 15 is 0 Å². The van der Waals surface area contributed by atoms with Crippen LogP contribution in [0.3, 0.4) is 0 Å². The highest BCUT2D eigenvalue weighted by molar-refractivity contribution is 7.18. The summed E-state index contributed by atoms with van der Waals surface area (Å²) >= 11 is 1.82. The lowest BCUT2D eigenvalue weighted by molar-refractivity contribution is -2.00. The molecule has 4 rings (SSSR count). The van der Waals surface area contributed by atoms with E-state index in [2.05, 4.69) is 103 Å². The van der Waals surface area contributed by atoms with Crippen molar-refractivity contribution < 1.29 is 28.9 Å². The van der Waals surface area contributed by atoms with Gasteiger partial charge in [-0.05, 0) is 41.5 Å². The first kappa shape index (κ1) is 22.9. The Hall–Kier alpha value is -2.78. The minimum Gasteiger partial charge on any atom is -0.378 e. The van der Waals surface area contributed by atoms with Gasteiger partial charge < -0.3 is 9.88 Å². The molecule has 0 unspecified atom stereocenters. The summed E-state index contributed by atoms with van der Waals surface area (Å²) in [6.45, 7) is 0. The molecule has 0 fully saturated rings. The van der Waals surface area contributed by atoms with Gasteiger partial charge in [-0.15, -0.1) is 10.2 Å². The minimum absolute atomic E-state index is 1.21. The number of hydrogen-bond donors (Lipinski definition) is 1. The van der Waals surface area contributed by atoms with Crippen LogP contribution in [0.4, 0.5) is 5.69 Å². The molecule has 0 spiro atoms. The zero-order valence-electron chi connectivity index (χ0n) is 16.9. The second-order valence-electron chi connectivity index (χ2n) is 6.86. The highest BCUT2D eigenvalue weighted by atomic mass is 35.7. The molecule has 2 heterocycles. The molecule has 0 amide bonds. The summed E-state index contributed by atoms with van der Waals surface area (Å²) in [4.78, 5) is 7.83. The molecule has 6 nitrogen and oxygen atoms in total. The first-order valence-electron chi connectivity index (χ1n) is 9.27. The summed E-state index contributed by atoms with van der Waals surface area (Å²) in [6, 6.07) is 26.0. The maximum Gasteiger partial charge on any atom is 0.240 e. The van der Waals surface area contributed by atoms with Crippen LogP contribution in [0.5, 0.6) is 0 Å². The van der Waals surface area contributed by atoms with Gasteiger partial charge in [-0.25, -0.2) is 18.6 Å². The van der Waals surface area contributed by atoms with Crippen LogP contribution in [-0.4, -0.2) is 19.1 Å². The molecular weight excluding hydrogens is 436 g/mol. The number of aromatic nitrogens is 1.